The molecule has 2 aromatic rings. The van der Waals surface area contributed by atoms with Crippen LogP contribution in [0.1, 0.15) is 35.9 Å². The van der Waals surface area contributed by atoms with E-state index in [0.717, 1.165) is 12.0 Å². The van der Waals surface area contributed by atoms with E-state index in [2.05, 4.69) is 6.92 Å². The van der Waals surface area contributed by atoms with Crippen molar-refractivity contribution in [2.75, 3.05) is 13.1 Å². The molecule has 0 radical (unpaired) electrons. The highest BCUT2D eigenvalue weighted by Gasteiger charge is 2.40. The predicted molar refractivity (Wildman–Crippen MR) is 91.2 cm³/mol. The number of amides is 1. The van der Waals surface area contributed by atoms with E-state index in [9.17, 15) is 14.7 Å². The zero-order valence-electron chi connectivity index (χ0n) is 14.1. The molecular weight excluding hydrogens is 322 g/mol. The first-order chi connectivity index (χ1) is 11.9. The van der Waals surface area contributed by atoms with E-state index >= 15 is 0 Å². The van der Waals surface area contributed by atoms with Gasteiger partial charge in [-0.3, -0.25) is 4.79 Å². The van der Waals surface area contributed by atoms with Gasteiger partial charge in [-0.15, -0.1) is 0 Å². The maximum Gasteiger partial charge on any atom is 0.335 e. The summed E-state index contributed by atoms with van der Waals surface area (Å²) in [5, 5.41) is 19.0. The van der Waals surface area contributed by atoms with Crippen LogP contribution >= 0.6 is 0 Å². The standard InChI is InChI=1S/C19H21NO5/c1-2-13-3-5-14(6-4-13)15-7-8-16(25-15)17(21)20-11-9-19(24,10-12-20)18(22)23/h3-8,24H,2,9-12H2,1H3,(H,22,23). The molecule has 0 unspecified atom stereocenters. The zero-order chi connectivity index (χ0) is 18.0. The number of carboxylic acid groups (broad SMARTS) is 1. The van der Waals surface area contributed by atoms with Crippen molar-refractivity contribution in [1.82, 2.24) is 4.90 Å². The first-order valence-electron chi connectivity index (χ1n) is 8.37. The van der Waals surface area contributed by atoms with E-state index in [1.54, 1.807) is 12.1 Å². The van der Waals surface area contributed by atoms with Crippen molar-refractivity contribution in [3.63, 3.8) is 0 Å². The fourth-order valence-corrected chi connectivity index (χ4v) is 2.96. The van der Waals surface area contributed by atoms with Gasteiger partial charge in [0.05, 0.1) is 0 Å². The lowest BCUT2D eigenvalue weighted by atomic mass is 9.91. The van der Waals surface area contributed by atoms with Gasteiger partial charge in [0.15, 0.2) is 11.4 Å². The van der Waals surface area contributed by atoms with Crippen molar-refractivity contribution in [2.24, 2.45) is 0 Å². The Morgan fingerprint density at radius 3 is 2.32 bits per heavy atom. The molecule has 1 aromatic carbocycles. The molecule has 1 amide bonds. The molecular formula is C19H21NO5. The number of carbonyl (C=O) groups excluding carboxylic acids is 1. The molecule has 3 rings (SSSR count). The molecule has 1 aliphatic heterocycles. The van der Waals surface area contributed by atoms with Gasteiger partial charge in [-0.25, -0.2) is 4.79 Å². The van der Waals surface area contributed by atoms with Crippen molar-refractivity contribution in [2.45, 2.75) is 31.8 Å². The van der Waals surface area contributed by atoms with E-state index in [4.69, 9.17) is 9.52 Å². The molecule has 1 fully saturated rings. The third kappa shape index (κ3) is 3.44. The third-order valence-electron chi connectivity index (χ3n) is 4.74. The summed E-state index contributed by atoms with van der Waals surface area (Å²) in [6.45, 7) is 2.45. The lowest BCUT2D eigenvalue weighted by Gasteiger charge is -2.34. The zero-order valence-corrected chi connectivity index (χ0v) is 14.1. The number of likely N-dealkylation sites (tertiary alicyclic amines) is 1. The third-order valence-corrected chi connectivity index (χ3v) is 4.74. The number of aliphatic hydroxyl groups is 1. The Balaban J connectivity index is 1.70. The summed E-state index contributed by atoms with van der Waals surface area (Å²) in [6.07, 6.45) is 0.986. The summed E-state index contributed by atoms with van der Waals surface area (Å²) < 4.78 is 5.69. The molecule has 0 saturated carbocycles. The average molecular weight is 343 g/mol. The minimum atomic E-state index is -1.74. The van der Waals surface area contributed by atoms with Crippen LogP contribution in [0, 0.1) is 0 Å². The van der Waals surface area contributed by atoms with Crippen LogP contribution < -0.4 is 0 Å². The van der Waals surface area contributed by atoms with Gasteiger partial charge >= 0.3 is 5.97 Å². The van der Waals surface area contributed by atoms with E-state index < -0.39 is 11.6 Å². The van der Waals surface area contributed by atoms with Crippen LogP contribution in [0.3, 0.4) is 0 Å². The van der Waals surface area contributed by atoms with Crippen LogP contribution in [-0.4, -0.2) is 45.7 Å². The number of aliphatic carboxylic acids is 1. The number of furan rings is 1. The SMILES string of the molecule is CCc1ccc(-c2ccc(C(=O)N3CCC(O)(C(=O)O)CC3)o2)cc1. The molecule has 6 nitrogen and oxygen atoms in total. The van der Waals surface area contributed by atoms with Crippen molar-refractivity contribution in [3.05, 3.63) is 47.7 Å². The Hall–Kier alpha value is -2.60. The van der Waals surface area contributed by atoms with E-state index in [0.29, 0.717) is 5.76 Å². The van der Waals surface area contributed by atoms with Gasteiger partial charge in [0.25, 0.3) is 5.91 Å². The number of hydrogen-bond acceptors (Lipinski definition) is 4. The van der Waals surface area contributed by atoms with Crippen molar-refractivity contribution in [3.8, 4) is 11.3 Å². The molecule has 0 spiro atoms. The molecule has 1 saturated heterocycles. The second kappa shape index (κ2) is 6.72. The second-order valence-electron chi connectivity index (χ2n) is 6.34. The van der Waals surface area contributed by atoms with Crippen LogP contribution in [0.4, 0.5) is 0 Å². The van der Waals surface area contributed by atoms with Crippen LogP contribution in [0.25, 0.3) is 11.3 Å². The van der Waals surface area contributed by atoms with Crippen molar-refractivity contribution < 1.29 is 24.2 Å². The Kier molecular flexibility index (Phi) is 4.63. The highest BCUT2D eigenvalue weighted by Crippen LogP contribution is 2.26. The summed E-state index contributed by atoms with van der Waals surface area (Å²) in [6, 6.07) is 11.3. The number of benzene rings is 1. The number of piperidine rings is 1. The number of nitrogens with zero attached hydrogens (tertiary/aromatic N) is 1. The van der Waals surface area contributed by atoms with E-state index in [1.807, 2.05) is 24.3 Å². The van der Waals surface area contributed by atoms with Gasteiger partial charge in [-0.2, -0.15) is 0 Å². The van der Waals surface area contributed by atoms with Gasteiger partial charge in [0.2, 0.25) is 0 Å². The first kappa shape index (κ1) is 17.2. The molecule has 2 heterocycles. The summed E-state index contributed by atoms with van der Waals surface area (Å²) in [5.74, 6) is -0.695. The Bertz CT molecular complexity index is 769. The monoisotopic (exact) mass is 343 g/mol. The summed E-state index contributed by atoms with van der Waals surface area (Å²) in [7, 11) is 0. The number of aryl methyl sites for hydroxylation is 1. The van der Waals surface area contributed by atoms with Gasteiger partial charge in [0, 0.05) is 31.5 Å². The smallest absolute Gasteiger partial charge is 0.335 e. The largest absolute Gasteiger partial charge is 0.479 e. The Labute approximate surface area is 145 Å². The lowest BCUT2D eigenvalue weighted by molar-refractivity contribution is -0.162. The molecule has 0 aliphatic carbocycles. The summed E-state index contributed by atoms with van der Waals surface area (Å²) in [5.41, 5.74) is 0.382. The Morgan fingerprint density at radius 2 is 1.76 bits per heavy atom. The van der Waals surface area contributed by atoms with Crippen LogP contribution in [0.5, 0.6) is 0 Å². The second-order valence-corrected chi connectivity index (χ2v) is 6.34. The maximum atomic E-state index is 12.5. The van der Waals surface area contributed by atoms with Gasteiger partial charge in [0.1, 0.15) is 5.76 Å². The molecule has 1 aliphatic rings. The lowest BCUT2D eigenvalue weighted by Crippen LogP contribution is -2.50. The van der Waals surface area contributed by atoms with Gasteiger partial charge < -0.3 is 19.5 Å². The quantitative estimate of drug-likeness (QED) is 0.890. The van der Waals surface area contributed by atoms with Crippen LogP contribution in [-0.2, 0) is 11.2 Å². The van der Waals surface area contributed by atoms with Crippen molar-refractivity contribution in [1.29, 1.82) is 0 Å². The highest BCUT2D eigenvalue weighted by molar-refractivity contribution is 5.92. The van der Waals surface area contributed by atoms with Gasteiger partial charge in [-0.05, 0) is 24.1 Å². The average Bonchev–Trinajstić information content (AvgIpc) is 3.12. The van der Waals surface area contributed by atoms with Gasteiger partial charge in [-0.1, -0.05) is 31.2 Å². The number of rotatable bonds is 4. The molecule has 0 atom stereocenters. The Morgan fingerprint density at radius 1 is 1.12 bits per heavy atom. The number of carboxylic acids is 1. The van der Waals surface area contributed by atoms with Crippen LogP contribution in [0.15, 0.2) is 40.8 Å². The van der Waals surface area contributed by atoms with Crippen LogP contribution in [0.2, 0.25) is 0 Å². The molecule has 25 heavy (non-hydrogen) atoms. The topological polar surface area (TPSA) is 91.0 Å². The van der Waals surface area contributed by atoms with E-state index in [-0.39, 0.29) is 37.6 Å². The molecule has 2 N–H and O–H groups in total. The number of carbonyl (C=O) groups is 2. The summed E-state index contributed by atoms with van der Waals surface area (Å²) >= 11 is 0. The molecule has 132 valence electrons. The number of hydrogen-bond donors (Lipinski definition) is 2. The molecule has 6 heteroatoms. The first-order valence-corrected chi connectivity index (χ1v) is 8.37. The van der Waals surface area contributed by atoms with E-state index in [1.165, 1.54) is 10.5 Å². The molecule has 1 aromatic heterocycles. The fourth-order valence-electron chi connectivity index (χ4n) is 2.96. The van der Waals surface area contributed by atoms with Crippen molar-refractivity contribution >= 4 is 11.9 Å². The maximum absolute atomic E-state index is 12.5. The predicted octanol–water partition coefficient (Wildman–Crippen LogP) is 2.56. The normalized spacial score (nSPS) is 16.6. The summed E-state index contributed by atoms with van der Waals surface area (Å²) in [4.78, 5) is 25.1. The molecule has 0 bridgehead atoms. The fraction of sp³-hybridized carbons (Fsp3) is 0.368. The highest BCUT2D eigenvalue weighted by atomic mass is 16.4. The minimum absolute atomic E-state index is 0.0140. The minimum Gasteiger partial charge on any atom is -0.479 e.